The number of aromatic nitrogens is 1. The molecule has 4 heteroatoms. The Bertz CT molecular complexity index is 465. The molecule has 118 valence electrons. The van der Waals surface area contributed by atoms with E-state index in [1.165, 1.54) is 12.0 Å². The third-order valence-electron chi connectivity index (χ3n) is 5.24. The zero-order valence-electron chi connectivity index (χ0n) is 13.7. The van der Waals surface area contributed by atoms with Crippen molar-refractivity contribution in [3.05, 3.63) is 29.0 Å². The highest BCUT2D eigenvalue weighted by molar-refractivity contribution is 6.31. The molecule has 0 bridgehead atoms. The zero-order chi connectivity index (χ0) is 15.5. The van der Waals surface area contributed by atoms with Crippen LogP contribution in [0, 0.1) is 5.92 Å². The van der Waals surface area contributed by atoms with E-state index in [2.05, 4.69) is 42.9 Å². The number of halogens is 1. The van der Waals surface area contributed by atoms with Gasteiger partial charge in [0.1, 0.15) is 0 Å². The van der Waals surface area contributed by atoms with Crippen LogP contribution in [-0.4, -0.2) is 34.6 Å². The fourth-order valence-corrected chi connectivity index (χ4v) is 3.17. The molecule has 3 atom stereocenters. The van der Waals surface area contributed by atoms with Crippen molar-refractivity contribution in [2.24, 2.45) is 5.92 Å². The van der Waals surface area contributed by atoms with Crippen molar-refractivity contribution in [1.29, 1.82) is 0 Å². The molecule has 0 spiro atoms. The van der Waals surface area contributed by atoms with Crippen molar-refractivity contribution >= 4 is 11.6 Å². The highest BCUT2D eigenvalue weighted by Gasteiger charge is 2.37. The lowest BCUT2D eigenvalue weighted by Crippen LogP contribution is -2.63. The summed E-state index contributed by atoms with van der Waals surface area (Å²) in [5.41, 5.74) is 1.37. The Morgan fingerprint density at radius 2 is 2.29 bits per heavy atom. The Kier molecular flexibility index (Phi) is 5.64. The van der Waals surface area contributed by atoms with Gasteiger partial charge in [-0.05, 0) is 30.9 Å². The average molecular weight is 310 g/mol. The van der Waals surface area contributed by atoms with Crippen LogP contribution in [0.3, 0.4) is 0 Å². The Balaban J connectivity index is 2.17. The van der Waals surface area contributed by atoms with Crippen LogP contribution in [0.25, 0.3) is 0 Å². The smallest absolute Gasteiger partial charge is 0.0634 e. The fraction of sp³-hybridized carbons (Fsp3) is 0.706. The molecule has 2 rings (SSSR count). The summed E-state index contributed by atoms with van der Waals surface area (Å²) in [4.78, 5) is 6.69. The van der Waals surface area contributed by atoms with Gasteiger partial charge in [-0.3, -0.25) is 9.88 Å². The molecule has 3 unspecified atom stereocenters. The van der Waals surface area contributed by atoms with Crippen molar-refractivity contribution in [3.8, 4) is 0 Å². The average Bonchev–Trinajstić information content (AvgIpc) is 2.50. The number of pyridine rings is 1. The minimum Gasteiger partial charge on any atom is -0.311 e. The highest BCUT2D eigenvalue weighted by atomic mass is 35.5. The molecule has 1 aliphatic rings. The molecule has 0 aliphatic carbocycles. The van der Waals surface area contributed by atoms with Gasteiger partial charge in [0.15, 0.2) is 0 Å². The number of piperazine rings is 1. The van der Waals surface area contributed by atoms with Crippen molar-refractivity contribution in [2.45, 2.75) is 58.7 Å². The van der Waals surface area contributed by atoms with Crippen molar-refractivity contribution in [3.63, 3.8) is 0 Å². The normalized spacial score (nSPS) is 28.5. The van der Waals surface area contributed by atoms with Crippen molar-refractivity contribution in [1.82, 2.24) is 15.2 Å². The maximum Gasteiger partial charge on any atom is 0.0634 e. The van der Waals surface area contributed by atoms with Gasteiger partial charge in [0, 0.05) is 43.6 Å². The molecule has 1 aromatic heterocycles. The summed E-state index contributed by atoms with van der Waals surface area (Å²) >= 11 is 6.30. The van der Waals surface area contributed by atoms with E-state index in [0.29, 0.717) is 12.0 Å². The van der Waals surface area contributed by atoms with Crippen LogP contribution in [0.1, 0.15) is 46.1 Å². The molecule has 1 aromatic rings. The summed E-state index contributed by atoms with van der Waals surface area (Å²) in [5.74, 6) is 0.696. The van der Waals surface area contributed by atoms with Gasteiger partial charge < -0.3 is 5.32 Å². The molecule has 0 aromatic carbocycles. The molecule has 21 heavy (non-hydrogen) atoms. The monoisotopic (exact) mass is 309 g/mol. The topological polar surface area (TPSA) is 28.2 Å². The quantitative estimate of drug-likeness (QED) is 0.898. The lowest BCUT2D eigenvalue weighted by molar-refractivity contribution is 0.0294. The first-order chi connectivity index (χ1) is 10.00. The maximum absolute atomic E-state index is 6.30. The minimum absolute atomic E-state index is 0.191. The first-order valence-electron chi connectivity index (χ1n) is 8.07. The van der Waals surface area contributed by atoms with Gasteiger partial charge in [0.25, 0.3) is 0 Å². The Morgan fingerprint density at radius 1 is 1.52 bits per heavy atom. The second-order valence-corrected chi connectivity index (χ2v) is 6.98. The van der Waals surface area contributed by atoms with Crippen LogP contribution in [0.2, 0.25) is 5.02 Å². The molecule has 2 heterocycles. The van der Waals surface area contributed by atoms with Crippen LogP contribution in [0.15, 0.2) is 18.5 Å². The number of nitrogens with one attached hydrogen (secondary N) is 1. The van der Waals surface area contributed by atoms with Crippen LogP contribution < -0.4 is 5.32 Å². The number of nitrogens with zero attached hydrogens (tertiary/aromatic N) is 2. The molecule has 0 radical (unpaired) electrons. The molecular formula is C17H28ClN3. The largest absolute Gasteiger partial charge is 0.311 e. The molecule has 1 aliphatic heterocycles. The summed E-state index contributed by atoms with van der Waals surface area (Å²) in [6, 6.07) is 2.61. The van der Waals surface area contributed by atoms with E-state index in [4.69, 9.17) is 11.6 Å². The van der Waals surface area contributed by atoms with Gasteiger partial charge in [-0.1, -0.05) is 38.8 Å². The predicted octanol–water partition coefficient (Wildman–Crippen LogP) is 3.72. The fourth-order valence-electron chi connectivity index (χ4n) is 2.99. The van der Waals surface area contributed by atoms with E-state index in [0.717, 1.165) is 31.1 Å². The third-order valence-corrected chi connectivity index (χ3v) is 5.58. The molecular weight excluding hydrogens is 282 g/mol. The van der Waals surface area contributed by atoms with Gasteiger partial charge in [-0.25, -0.2) is 0 Å². The number of hydrogen-bond acceptors (Lipinski definition) is 3. The predicted molar refractivity (Wildman–Crippen MR) is 89.6 cm³/mol. The van der Waals surface area contributed by atoms with E-state index < -0.39 is 0 Å². The Morgan fingerprint density at radius 3 is 2.90 bits per heavy atom. The van der Waals surface area contributed by atoms with E-state index in [1.54, 1.807) is 6.20 Å². The van der Waals surface area contributed by atoms with E-state index >= 15 is 0 Å². The Hall–Kier alpha value is -0.640. The van der Waals surface area contributed by atoms with Crippen LogP contribution in [-0.2, 0) is 6.54 Å². The first kappa shape index (κ1) is 16.7. The van der Waals surface area contributed by atoms with E-state index in [9.17, 15) is 0 Å². The zero-order valence-corrected chi connectivity index (χ0v) is 14.5. The Labute approximate surface area is 134 Å². The standard InChI is InChI=1S/C17H28ClN3/c1-5-13(3)16-11-21(17(4,6-2)12-20-16)10-14-7-8-19-9-15(14)18/h7-9,13,16,20H,5-6,10-12H2,1-4H3. The van der Waals surface area contributed by atoms with Gasteiger partial charge in [-0.15, -0.1) is 0 Å². The van der Waals surface area contributed by atoms with E-state index in [1.807, 2.05) is 12.3 Å². The van der Waals surface area contributed by atoms with Crippen LogP contribution in [0.5, 0.6) is 0 Å². The summed E-state index contributed by atoms with van der Waals surface area (Å²) in [6.45, 7) is 12.3. The maximum atomic E-state index is 6.30. The molecule has 1 saturated heterocycles. The van der Waals surface area contributed by atoms with Crippen molar-refractivity contribution < 1.29 is 0 Å². The molecule has 0 saturated carbocycles. The van der Waals surface area contributed by atoms with Gasteiger partial charge in [-0.2, -0.15) is 0 Å². The van der Waals surface area contributed by atoms with Gasteiger partial charge >= 0.3 is 0 Å². The van der Waals surface area contributed by atoms with Crippen molar-refractivity contribution in [2.75, 3.05) is 13.1 Å². The van der Waals surface area contributed by atoms with Crippen LogP contribution in [0.4, 0.5) is 0 Å². The summed E-state index contributed by atoms with van der Waals surface area (Å²) in [5, 5.41) is 4.53. The van der Waals surface area contributed by atoms with Crippen LogP contribution >= 0.6 is 11.6 Å². The van der Waals surface area contributed by atoms with Gasteiger partial charge in [0.05, 0.1) is 5.02 Å². The number of rotatable bonds is 5. The third kappa shape index (κ3) is 3.77. The SMILES string of the molecule is CCC(C)C1CN(Cc2ccncc2Cl)C(C)(CC)CN1. The van der Waals surface area contributed by atoms with Gasteiger partial charge in [0.2, 0.25) is 0 Å². The highest BCUT2D eigenvalue weighted by Crippen LogP contribution is 2.28. The molecule has 1 fully saturated rings. The summed E-state index contributed by atoms with van der Waals surface area (Å²) in [7, 11) is 0. The lowest BCUT2D eigenvalue weighted by Gasteiger charge is -2.49. The first-order valence-corrected chi connectivity index (χ1v) is 8.44. The summed E-state index contributed by atoms with van der Waals surface area (Å²) < 4.78 is 0. The lowest BCUT2D eigenvalue weighted by atomic mass is 9.87. The summed E-state index contributed by atoms with van der Waals surface area (Å²) in [6.07, 6.45) is 5.92. The molecule has 1 N–H and O–H groups in total. The number of hydrogen-bond donors (Lipinski definition) is 1. The van der Waals surface area contributed by atoms with E-state index in [-0.39, 0.29) is 5.54 Å². The minimum atomic E-state index is 0.191. The second kappa shape index (κ2) is 7.08. The molecule has 0 amide bonds. The second-order valence-electron chi connectivity index (χ2n) is 6.57. The molecule has 3 nitrogen and oxygen atoms in total.